The van der Waals surface area contributed by atoms with Gasteiger partial charge in [0.2, 0.25) is 5.13 Å². The van der Waals surface area contributed by atoms with Crippen molar-refractivity contribution >= 4 is 22.4 Å². The SMILES string of the molecule is CC1(C)[C@H]2CC[C@@]1(C)c1nc(N=C(N)N)sc12. The molecule has 92 valence electrons. The molecule has 2 bridgehead atoms. The van der Waals surface area contributed by atoms with Crippen LogP contribution in [0.15, 0.2) is 4.99 Å². The minimum atomic E-state index is 0.0918. The first-order valence-electron chi connectivity index (χ1n) is 5.97. The van der Waals surface area contributed by atoms with Crippen LogP contribution in [0.1, 0.15) is 50.1 Å². The van der Waals surface area contributed by atoms with E-state index in [0.717, 1.165) is 0 Å². The number of hydrogen-bond acceptors (Lipinski definition) is 3. The number of nitrogens with two attached hydrogens (primary N) is 2. The molecule has 4 nitrogen and oxygen atoms in total. The first-order valence-corrected chi connectivity index (χ1v) is 6.79. The maximum absolute atomic E-state index is 5.41. The summed E-state index contributed by atoms with van der Waals surface area (Å²) < 4.78 is 0. The third-order valence-corrected chi connectivity index (χ3v) is 6.00. The van der Waals surface area contributed by atoms with Gasteiger partial charge >= 0.3 is 0 Å². The van der Waals surface area contributed by atoms with Crippen LogP contribution < -0.4 is 11.5 Å². The fourth-order valence-electron chi connectivity index (χ4n) is 3.49. The minimum Gasteiger partial charge on any atom is -0.370 e. The molecule has 2 aliphatic rings. The number of guanidine groups is 1. The fraction of sp³-hybridized carbons (Fsp3) is 0.667. The van der Waals surface area contributed by atoms with Gasteiger partial charge in [0, 0.05) is 16.2 Å². The van der Waals surface area contributed by atoms with Gasteiger partial charge in [-0.1, -0.05) is 32.1 Å². The smallest absolute Gasteiger partial charge is 0.212 e. The van der Waals surface area contributed by atoms with Crippen LogP contribution in [0, 0.1) is 5.41 Å². The van der Waals surface area contributed by atoms with Gasteiger partial charge in [0.25, 0.3) is 0 Å². The summed E-state index contributed by atoms with van der Waals surface area (Å²) in [6, 6.07) is 0. The molecule has 0 radical (unpaired) electrons. The van der Waals surface area contributed by atoms with Gasteiger partial charge in [-0.3, -0.25) is 0 Å². The van der Waals surface area contributed by atoms with E-state index in [-0.39, 0.29) is 11.4 Å². The first kappa shape index (κ1) is 11.0. The third-order valence-electron chi connectivity index (χ3n) is 4.93. The number of fused-ring (bicyclic) bond motifs is 5. The molecule has 0 saturated heterocycles. The predicted octanol–water partition coefficient (Wildman–Crippen LogP) is 2.22. The second-order valence-corrected chi connectivity index (χ2v) is 6.90. The Labute approximate surface area is 105 Å². The van der Waals surface area contributed by atoms with E-state index >= 15 is 0 Å². The lowest BCUT2D eigenvalue weighted by Gasteiger charge is -2.34. The largest absolute Gasteiger partial charge is 0.370 e. The van der Waals surface area contributed by atoms with Gasteiger partial charge in [-0.2, -0.15) is 4.99 Å². The van der Waals surface area contributed by atoms with Gasteiger partial charge in [0.1, 0.15) is 0 Å². The number of hydrogen-bond donors (Lipinski definition) is 2. The second-order valence-electron chi connectivity index (χ2n) is 5.89. The number of rotatable bonds is 1. The molecule has 0 aliphatic heterocycles. The highest BCUT2D eigenvalue weighted by atomic mass is 32.1. The molecule has 0 unspecified atom stereocenters. The number of thiazole rings is 1. The molecule has 4 N–H and O–H groups in total. The quantitative estimate of drug-likeness (QED) is 0.592. The van der Waals surface area contributed by atoms with Crippen molar-refractivity contribution in [3.05, 3.63) is 10.6 Å². The van der Waals surface area contributed by atoms with Crippen LogP contribution in [0.5, 0.6) is 0 Å². The Morgan fingerprint density at radius 3 is 2.71 bits per heavy atom. The van der Waals surface area contributed by atoms with Crippen LogP contribution in [0.4, 0.5) is 5.13 Å². The van der Waals surface area contributed by atoms with Crippen LogP contribution in [-0.2, 0) is 5.41 Å². The van der Waals surface area contributed by atoms with Crippen LogP contribution in [0.25, 0.3) is 0 Å². The van der Waals surface area contributed by atoms with E-state index in [1.807, 2.05) is 0 Å². The van der Waals surface area contributed by atoms with Gasteiger partial charge in [-0.25, -0.2) is 4.98 Å². The Hall–Kier alpha value is -1.10. The van der Waals surface area contributed by atoms with E-state index in [1.165, 1.54) is 23.4 Å². The zero-order valence-electron chi connectivity index (χ0n) is 10.4. The van der Waals surface area contributed by atoms with Crippen molar-refractivity contribution in [3.63, 3.8) is 0 Å². The molecule has 1 aromatic rings. The molecule has 1 fully saturated rings. The van der Waals surface area contributed by atoms with E-state index < -0.39 is 0 Å². The highest BCUT2D eigenvalue weighted by Crippen LogP contribution is 2.68. The lowest BCUT2D eigenvalue weighted by molar-refractivity contribution is 0.227. The molecular weight excluding hydrogens is 232 g/mol. The summed E-state index contributed by atoms with van der Waals surface area (Å²) >= 11 is 1.66. The molecule has 3 rings (SSSR count). The molecule has 1 aromatic heterocycles. The molecule has 1 saturated carbocycles. The van der Waals surface area contributed by atoms with Crippen LogP contribution >= 0.6 is 11.3 Å². The van der Waals surface area contributed by atoms with E-state index in [4.69, 9.17) is 11.5 Å². The average Bonchev–Trinajstić information content (AvgIpc) is 2.73. The zero-order chi connectivity index (χ0) is 12.4. The highest BCUT2D eigenvalue weighted by molar-refractivity contribution is 7.15. The summed E-state index contributed by atoms with van der Waals surface area (Å²) in [5, 5.41) is 0.712. The predicted molar refractivity (Wildman–Crippen MR) is 70.7 cm³/mol. The van der Waals surface area contributed by atoms with Gasteiger partial charge < -0.3 is 11.5 Å². The summed E-state index contributed by atoms with van der Waals surface area (Å²) in [5.41, 5.74) is 12.6. The zero-order valence-corrected chi connectivity index (χ0v) is 11.3. The van der Waals surface area contributed by atoms with E-state index in [1.54, 1.807) is 11.3 Å². The van der Waals surface area contributed by atoms with Crippen molar-refractivity contribution in [2.24, 2.45) is 21.9 Å². The standard InChI is InChI=1S/C12H18N4S/c1-11(2)6-4-5-12(11,3)8-7(6)17-10(15-8)16-9(13)14/h6H,4-5H2,1-3H3,(H4,13,14,15,16)/t6-,12-/m0/s1. The number of aromatic nitrogens is 1. The highest BCUT2D eigenvalue weighted by Gasteiger charge is 2.61. The summed E-state index contributed by atoms with van der Waals surface area (Å²) in [6.45, 7) is 7.05. The lowest BCUT2D eigenvalue weighted by Crippen LogP contribution is -2.31. The van der Waals surface area contributed by atoms with Gasteiger partial charge in [0.05, 0.1) is 5.69 Å². The molecule has 2 aliphatic carbocycles. The van der Waals surface area contributed by atoms with Crippen molar-refractivity contribution in [2.45, 2.75) is 44.9 Å². The molecule has 0 aromatic carbocycles. The monoisotopic (exact) mass is 250 g/mol. The van der Waals surface area contributed by atoms with E-state index in [9.17, 15) is 0 Å². The van der Waals surface area contributed by atoms with Crippen molar-refractivity contribution in [3.8, 4) is 0 Å². The number of nitrogens with zero attached hydrogens (tertiary/aromatic N) is 2. The summed E-state index contributed by atoms with van der Waals surface area (Å²) in [6.07, 6.45) is 2.49. The normalized spacial score (nSPS) is 32.5. The van der Waals surface area contributed by atoms with Crippen LogP contribution in [0.2, 0.25) is 0 Å². The Bertz CT molecular complexity index is 513. The second kappa shape index (κ2) is 3.02. The Morgan fingerprint density at radius 2 is 2.12 bits per heavy atom. The van der Waals surface area contributed by atoms with Crippen molar-refractivity contribution in [2.75, 3.05) is 0 Å². The molecule has 0 spiro atoms. The van der Waals surface area contributed by atoms with Crippen LogP contribution in [-0.4, -0.2) is 10.9 Å². The first-order chi connectivity index (χ1) is 7.86. The topological polar surface area (TPSA) is 77.3 Å². The average molecular weight is 250 g/mol. The minimum absolute atomic E-state index is 0.0918. The third kappa shape index (κ3) is 1.18. The molecule has 17 heavy (non-hydrogen) atoms. The maximum atomic E-state index is 5.41. The van der Waals surface area contributed by atoms with Crippen molar-refractivity contribution < 1.29 is 0 Å². The van der Waals surface area contributed by atoms with E-state index in [0.29, 0.717) is 16.5 Å². The molecular formula is C12H18N4S. The number of aliphatic imine (C=N–C) groups is 1. The summed E-state index contributed by atoms with van der Waals surface area (Å²) in [7, 11) is 0. The maximum Gasteiger partial charge on any atom is 0.212 e. The molecule has 5 heteroatoms. The van der Waals surface area contributed by atoms with E-state index in [2.05, 4.69) is 30.7 Å². The Balaban J connectivity index is 2.13. The van der Waals surface area contributed by atoms with Gasteiger partial charge in [-0.15, -0.1) is 0 Å². The Morgan fingerprint density at radius 1 is 1.41 bits per heavy atom. The fourth-order valence-corrected chi connectivity index (χ4v) is 4.90. The summed E-state index contributed by atoms with van der Waals surface area (Å²) in [4.78, 5) is 10.1. The van der Waals surface area contributed by atoms with Gasteiger partial charge in [-0.05, 0) is 18.3 Å². The molecule has 1 heterocycles. The van der Waals surface area contributed by atoms with Crippen LogP contribution in [0.3, 0.4) is 0 Å². The lowest BCUT2D eigenvalue weighted by atomic mass is 9.70. The molecule has 2 atom stereocenters. The van der Waals surface area contributed by atoms with Gasteiger partial charge in [0.15, 0.2) is 5.96 Å². The van der Waals surface area contributed by atoms with Crippen molar-refractivity contribution in [1.29, 1.82) is 0 Å². The Kier molecular flexibility index (Phi) is 1.95. The summed E-state index contributed by atoms with van der Waals surface area (Å²) in [5.74, 6) is 0.720. The molecule has 0 amide bonds. The van der Waals surface area contributed by atoms with Crippen molar-refractivity contribution in [1.82, 2.24) is 4.98 Å².